The van der Waals surface area contributed by atoms with Gasteiger partial charge in [-0.25, -0.2) is 9.69 Å². The zero-order valence-corrected chi connectivity index (χ0v) is 22.9. The van der Waals surface area contributed by atoms with E-state index in [0.29, 0.717) is 11.1 Å². The smallest absolute Gasteiger partial charge is 0.356 e. The fourth-order valence-electron chi connectivity index (χ4n) is 5.27. The van der Waals surface area contributed by atoms with Crippen molar-refractivity contribution in [3.05, 3.63) is 102 Å². The highest BCUT2D eigenvalue weighted by Gasteiger charge is 2.42. The van der Waals surface area contributed by atoms with E-state index in [1.54, 1.807) is 0 Å². The van der Waals surface area contributed by atoms with E-state index < -0.39 is 32.1 Å². The van der Waals surface area contributed by atoms with Crippen LogP contribution in [0, 0.1) is 0 Å². The Bertz CT molecular complexity index is 1880. The predicted molar refractivity (Wildman–Crippen MR) is 153 cm³/mol. The number of aryl methyl sites for hydroxylation is 2. The lowest BCUT2D eigenvalue weighted by atomic mass is 9.95. The highest BCUT2D eigenvalue weighted by atomic mass is 31.2. The molecule has 3 aromatic carbocycles. The lowest BCUT2D eigenvalue weighted by Crippen LogP contribution is -2.34. The Morgan fingerprint density at radius 3 is 1.68 bits per heavy atom. The Kier molecular flexibility index (Phi) is 6.26. The fourth-order valence-corrected chi connectivity index (χ4v) is 5.81. The summed E-state index contributed by atoms with van der Waals surface area (Å²) in [6, 6.07) is 19.8. The Morgan fingerprint density at radius 1 is 0.756 bits per heavy atom. The lowest BCUT2D eigenvalue weighted by molar-refractivity contribution is -0.140. The van der Waals surface area contributed by atoms with Crippen LogP contribution in [0.4, 0.5) is 0 Å². The van der Waals surface area contributed by atoms with E-state index in [-0.39, 0.29) is 22.0 Å². The molecule has 206 valence electrons. The molecule has 0 aliphatic carbocycles. The van der Waals surface area contributed by atoms with Gasteiger partial charge in [0.25, 0.3) is 11.8 Å². The number of hydrogen-bond acceptors (Lipinski definition) is 5. The molecule has 0 saturated heterocycles. The van der Waals surface area contributed by atoms with Crippen LogP contribution in [0.15, 0.2) is 85.2 Å². The SMILES string of the molecule is Cn1cc(C2=C(c3cn(C)c4ccccc34)C(=O)N(COC(=O)c3ccc(P(=O)(O)O)cc3)C2=O)c2ccccc21. The third-order valence-corrected chi connectivity index (χ3v) is 8.24. The second-order valence-corrected chi connectivity index (χ2v) is 11.4. The van der Waals surface area contributed by atoms with Crippen LogP contribution < -0.4 is 5.30 Å². The molecule has 0 fully saturated rings. The first-order chi connectivity index (χ1) is 19.6. The van der Waals surface area contributed by atoms with E-state index in [0.717, 1.165) is 38.8 Å². The normalized spacial score (nSPS) is 14.1. The first kappa shape index (κ1) is 26.5. The summed E-state index contributed by atoms with van der Waals surface area (Å²) in [5.41, 5.74) is 3.39. The van der Waals surface area contributed by atoms with Crippen molar-refractivity contribution in [2.24, 2.45) is 14.1 Å². The number of fused-ring (bicyclic) bond motifs is 2. The molecule has 0 spiro atoms. The molecule has 0 atom stereocenters. The van der Waals surface area contributed by atoms with Gasteiger partial charge < -0.3 is 23.7 Å². The van der Waals surface area contributed by atoms with Crippen LogP contribution in [0.3, 0.4) is 0 Å². The van der Waals surface area contributed by atoms with Crippen LogP contribution in [0.2, 0.25) is 0 Å². The molecule has 6 rings (SSSR count). The van der Waals surface area contributed by atoms with E-state index in [2.05, 4.69) is 0 Å². The number of benzene rings is 3. The Hall–Kier alpha value is -4.76. The van der Waals surface area contributed by atoms with E-state index in [9.17, 15) is 28.7 Å². The molecular weight excluding hydrogens is 545 g/mol. The van der Waals surface area contributed by atoms with Crippen molar-refractivity contribution in [3.8, 4) is 0 Å². The number of carbonyl (C=O) groups excluding carboxylic acids is 3. The zero-order chi connectivity index (χ0) is 29.1. The molecule has 41 heavy (non-hydrogen) atoms. The van der Waals surface area contributed by atoms with Crippen LogP contribution in [-0.2, 0) is 33.0 Å². The van der Waals surface area contributed by atoms with Gasteiger partial charge in [0, 0.05) is 59.4 Å². The van der Waals surface area contributed by atoms with Crippen LogP contribution in [-0.4, -0.2) is 48.3 Å². The van der Waals surface area contributed by atoms with Gasteiger partial charge in [-0.2, -0.15) is 0 Å². The number of carbonyl (C=O) groups is 3. The molecule has 0 saturated carbocycles. The van der Waals surface area contributed by atoms with Gasteiger partial charge in [-0.15, -0.1) is 0 Å². The zero-order valence-electron chi connectivity index (χ0n) is 22.0. The Morgan fingerprint density at radius 2 is 1.22 bits per heavy atom. The fraction of sp³-hybridized carbons (Fsp3) is 0.100. The van der Waals surface area contributed by atoms with Crippen molar-refractivity contribution in [2.45, 2.75) is 0 Å². The van der Waals surface area contributed by atoms with Crippen molar-refractivity contribution in [3.63, 3.8) is 0 Å². The topological polar surface area (TPSA) is 131 Å². The maximum atomic E-state index is 14.0. The average Bonchev–Trinajstić information content (AvgIpc) is 3.55. The van der Waals surface area contributed by atoms with Crippen LogP contribution in [0.25, 0.3) is 33.0 Å². The van der Waals surface area contributed by atoms with E-state index in [1.165, 1.54) is 12.1 Å². The quantitative estimate of drug-likeness (QED) is 0.182. The number of esters is 1. The predicted octanol–water partition coefficient (Wildman–Crippen LogP) is 3.57. The van der Waals surface area contributed by atoms with Gasteiger partial charge in [0.15, 0.2) is 6.73 Å². The van der Waals surface area contributed by atoms with Crippen molar-refractivity contribution in [1.82, 2.24) is 14.0 Å². The van der Waals surface area contributed by atoms with Crippen LogP contribution >= 0.6 is 7.60 Å². The van der Waals surface area contributed by atoms with Gasteiger partial charge >= 0.3 is 13.6 Å². The van der Waals surface area contributed by atoms with Crippen LogP contribution in [0.1, 0.15) is 21.5 Å². The minimum atomic E-state index is -4.48. The maximum absolute atomic E-state index is 14.0. The number of hydrogen-bond donors (Lipinski definition) is 2. The van der Waals surface area contributed by atoms with Gasteiger partial charge in [0.1, 0.15) is 0 Å². The molecule has 2 N–H and O–H groups in total. The van der Waals surface area contributed by atoms with Gasteiger partial charge in [-0.3, -0.25) is 14.2 Å². The summed E-state index contributed by atoms with van der Waals surface area (Å²) in [4.78, 5) is 60.2. The number of aromatic nitrogens is 2. The van der Waals surface area contributed by atoms with Gasteiger partial charge in [-0.1, -0.05) is 36.4 Å². The van der Waals surface area contributed by atoms with E-state index >= 15 is 0 Å². The van der Waals surface area contributed by atoms with Gasteiger partial charge in [0.05, 0.1) is 22.0 Å². The number of rotatable bonds is 6. The molecule has 2 aromatic heterocycles. The highest BCUT2D eigenvalue weighted by molar-refractivity contribution is 7.60. The van der Waals surface area contributed by atoms with Crippen molar-refractivity contribution in [1.29, 1.82) is 0 Å². The molecular formula is C30H24N3O7P. The minimum Gasteiger partial charge on any atom is -0.440 e. The van der Waals surface area contributed by atoms with Crippen LogP contribution in [0.5, 0.6) is 0 Å². The number of imide groups is 1. The molecule has 3 heterocycles. The summed E-state index contributed by atoms with van der Waals surface area (Å²) < 4.78 is 20.6. The molecule has 5 aromatic rings. The molecule has 2 amide bonds. The molecule has 0 unspecified atom stereocenters. The first-order valence-electron chi connectivity index (χ1n) is 12.6. The average molecular weight is 570 g/mol. The molecule has 10 nitrogen and oxygen atoms in total. The van der Waals surface area contributed by atoms with Crippen molar-refractivity contribution in [2.75, 3.05) is 6.73 Å². The second kappa shape index (κ2) is 9.71. The number of amides is 2. The maximum Gasteiger partial charge on any atom is 0.356 e. The summed E-state index contributed by atoms with van der Waals surface area (Å²) in [5.74, 6) is -2.05. The molecule has 1 aliphatic heterocycles. The summed E-state index contributed by atoms with van der Waals surface area (Å²) in [7, 11) is -0.753. The molecule has 0 bridgehead atoms. The third kappa shape index (κ3) is 4.38. The van der Waals surface area contributed by atoms with Gasteiger partial charge in [0.2, 0.25) is 0 Å². The first-order valence-corrected chi connectivity index (χ1v) is 14.2. The summed E-state index contributed by atoms with van der Waals surface area (Å²) in [5, 5.41) is 1.35. The van der Waals surface area contributed by atoms with Crippen molar-refractivity contribution < 1.29 is 33.5 Å². The second-order valence-electron chi connectivity index (χ2n) is 9.78. The van der Waals surface area contributed by atoms with Gasteiger partial charge in [-0.05, 0) is 36.4 Å². The summed E-state index contributed by atoms with van der Waals surface area (Å²) in [6.45, 7) is -0.640. The Labute approximate surface area is 233 Å². The largest absolute Gasteiger partial charge is 0.440 e. The standard InChI is InChI=1S/C30H24N3O7P/c1-31-15-22(20-7-3-5-9-24(20)31)26-27(23-16-32(2)25-10-6-4-8-21(23)25)29(35)33(28(26)34)17-40-30(36)18-11-13-19(14-12-18)41(37,38)39/h3-16H,17H2,1-2H3,(H2,37,38,39). The summed E-state index contributed by atoms with van der Waals surface area (Å²) >= 11 is 0. The number of ether oxygens (including phenoxy) is 1. The Balaban J connectivity index is 1.40. The van der Waals surface area contributed by atoms with E-state index in [4.69, 9.17) is 4.74 Å². The van der Waals surface area contributed by atoms with E-state index in [1.807, 2.05) is 84.2 Å². The molecule has 0 radical (unpaired) electrons. The lowest BCUT2D eigenvalue weighted by Gasteiger charge is -2.15. The van der Waals surface area contributed by atoms with Crippen molar-refractivity contribution >= 4 is 63.6 Å². The number of para-hydroxylation sites is 2. The molecule has 1 aliphatic rings. The minimum absolute atomic E-state index is 0.0119. The summed E-state index contributed by atoms with van der Waals surface area (Å²) in [6.07, 6.45) is 3.63. The third-order valence-electron chi connectivity index (χ3n) is 7.26. The monoisotopic (exact) mass is 569 g/mol. The molecule has 11 heteroatoms. The number of nitrogens with zero attached hydrogens (tertiary/aromatic N) is 3. The highest BCUT2D eigenvalue weighted by Crippen LogP contribution is 2.41.